The predicted molar refractivity (Wildman–Crippen MR) is 78.7 cm³/mol. The van der Waals surface area contributed by atoms with E-state index in [9.17, 15) is 4.79 Å². The lowest BCUT2D eigenvalue weighted by atomic mass is 9.93. The van der Waals surface area contributed by atoms with E-state index in [0.717, 1.165) is 19.4 Å². The minimum atomic E-state index is -0.701. The lowest BCUT2D eigenvalue weighted by Gasteiger charge is -2.33. The van der Waals surface area contributed by atoms with Crippen LogP contribution in [0.3, 0.4) is 0 Å². The standard InChI is InChI=1S/C17H23NO2/c1-2-18(11-16(19)20)17-14-7-8-15(17)10-13-6-4-3-5-12(13)9-14/h3-6,14-15,17H,2,7-11H2,1H3,(H,19,20). The van der Waals surface area contributed by atoms with Crippen molar-refractivity contribution in [2.75, 3.05) is 13.1 Å². The van der Waals surface area contributed by atoms with Crippen LogP contribution in [0.15, 0.2) is 24.3 Å². The molecule has 1 aromatic carbocycles. The largest absolute Gasteiger partial charge is 0.480 e. The number of benzene rings is 1. The summed E-state index contributed by atoms with van der Waals surface area (Å²) in [5, 5.41) is 9.14. The van der Waals surface area contributed by atoms with Crippen LogP contribution in [0, 0.1) is 11.8 Å². The fourth-order valence-corrected chi connectivity index (χ4v) is 4.32. The molecule has 0 aromatic heterocycles. The van der Waals surface area contributed by atoms with Gasteiger partial charge in [0.1, 0.15) is 0 Å². The summed E-state index contributed by atoms with van der Waals surface area (Å²) in [4.78, 5) is 13.3. The van der Waals surface area contributed by atoms with Gasteiger partial charge in [-0.2, -0.15) is 0 Å². The highest BCUT2D eigenvalue weighted by Crippen LogP contribution is 2.42. The third-order valence-electron chi connectivity index (χ3n) is 5.12. The van der Waals surface area contributed by atoms with Gasteiger partial charge in [-0.25, -0.2) is 0 Å². The van der Waals surface area contributed by atoms with Crippen molar-refractivity contribution in [3.8, 4) is 0 Å². The molecule has 1 fully saturated rings. The molecule has 1 aromatic rings. The van der Waals surface area contributed by atoms with Crippen molar-refractivity contribution in [2.24, 2.45) is 11.8 Å². The summed E-state index contributed by atoms with van der Waals surface area (Å²) in [5.41, 5.74) is 2.96. The van der Waals surface area contributed by atoms with Crippen molar-refractivity contribution in [3.63, 3.8) is 0 Å². The van der Waals surface area contributed by atoms with Crippen LogP contribution in [0.4, 0.5) is 0 Å². The number of carboxylic acids is 1. The molecule has 0 spiro atoms. The Bertz CT molecular complexity index is 467. The SMILES string of the molecule is CCN(CC(=O)O)C1C2CCC1Cc1ccccc1C2. The molecule has 3 rings (SSSR count). The van der Waals surface area contributed by atoms with E-state index in [1.54, 1.807) is 0 Å². The predicted octanol–water partition coefficient (Wildman–Crippen LogP) is 2.59. The van der Waals surface area contributed by atoms with Crippen molar-refractivity contribution in [2.45, 2.75) is 38.6 Å². The molecule has 2 bridgehead atoms. The molecule has 2 aliphatic rings. The Kier molecular flexibility index (Phi) is 3.79. The van der Waals surface area contributed by atoms with Gasteiger partial charge in [0.05, 0.1) is 6.54 Å². The van der Waals surface area contributed by atoms with Gasteiger partial charge in [0.2, 0.25) is 0 Å². The third-order valence-corrected chi connectivity index (χ3v) is 5.12. The smallest absolute Gasteiger partial charge is 0.317 e. The van der Waals surface area contributed by atoms with Gasteiger partial charge in [-0.05, 0) is 55.2 Å². The van der Waals surface area contributed by atoms with Gasteiger partial charge < -0.3 is 5.11 Å². The van der Waals surface area contributed by atoms with Gasteiger partial charge in [0, 0.05) is 6.04 Å². The van der Waals surface area contributed by atoms with E-state index >= 15 is 0 Å². The minimum absolute atomic E-state index is 0.185. The summed E-state index contributed by atoms with van der Waals surface area (Å²) in [5.74, 6) is 0.555. The topological polar surface area (TPSA) is 40.5 Å². The fraction of sp³-hybridized carbons (Fsp3) is 0.588. The average molecular weight is 273 g/mol. The van der Waals surface area contributed by atoms with E-state index in [1.165, 1.54) is 24.0 Å². The molecule has 0 amide bonds. The van der Waals surface area contributed by atoms with Crippen LogP contribution in [0.1, 0.15) is 30.9 Å². The second-order valence-corrected chi connectivity index (χ2v) is 6.22. The molecule has 1 saturated carbocycles. The van der Waals surface area contributed by atoms with Crippen LogP contribution in [0.25, 0.3) is 0 Å². The van der Waals surface area contributed by atoms with Crippen molar-refractivity contribution in [3.05, 3.63) is 35.4 Å². The monoisotopic (exact) mass is 273 g/mol. The maximum atomic E-state index is 11.1. The number of aliphatic carboxylic acids is 1. The fourth-order valence-electron chi connectivity index (χ4n) is 4.32. The van der Waals surface area contributed by atoms with Crippen molar-refractivity contribution in [1.82, 2.24) is 4.90 Å². The highest BCUT2D eigenvalue weighted by molar-refractivity contribution is 5.69. The molecule has 20 heavy (non-hydrogen) atoms. The summed E-state index contributed by atoms with van der Waals surface area (Å²) in [6, 6.07) is 9.20. The number of hydrogen-bond acceptors (Lipinski definition) is 2. The van der Waals surface area contributed by atoms with E-state index in [2.05, 4.69) is 36.1 Å². The van der Waals surface area contributed by atoms with E-state index < -0.39 is 5.97 Å². The number of fused-ring (bicyclic) bond motifs is 3. The summed E-state index contributed by atoms with van der Waals surface area (Å²) in [7, 11) is 0. The normalized spacial score (nSPS) is 28.2. The molecule has 108 valence electrons. The zero-order valence-corrected chi connectivity index (χ0v) is 12.1. The molecule has 0 aliphatic heterocycles. The lowest BCUT2D eigenvalue weighted by Crippen LogP contribution is -2.44. The first-order valence-electron chi connectivity index (χ1n) is 7.71. The number of carboxylic acid groups (broad SMARTS) is 1. The number of rotatable bonds is 4. The highest BCUT2D eigenvalue weighted by atomic mass is 16.4. The minimum Gasteiger partial charge on any atom is -0.480 e. The van der Waals surface area contributed by atoms with Crippen LogP contribution >= 0.6 is 0 Å². The molecular weight excluding hydrogens is 250 g/mol. The zero-order chi connectivity index (χ0) is 14.1. The van der Waals surface area contributed by atoms with Gasteiger partial charge >= 0.3 is 5.97 Å². The number of likely N-dealkylation sites (N-methyl/N-ethyl adjacent to an activating group) is 1. The molecule has 3 nitrogen and oxygen atoms in total. The summed E-state index contributed by atoms with van der Waals surface area (Å²) < 4.78 is 0. The summed E-state index contributed by atoms with van der Waals surface area (Å²) >= 11 is 0. The molecule has 1 N–H and O–H groups in total. The average Bonchev–Trinajstić information content (AvgIpc) is 2.71. The number of carbonyl (C=O) groups is 1. The Labute approximate surface area is 120 Å². The maximum absolute atomic E-state index is 11.1. The molecule has 2 atom stereocenters. The van der Waals surface area contributed by atoms with Gasteiger partial charge in [-0.1, -0.05) is 31.2 Å². The van der Waals surface area contributed by atoms with Crippen molar-refractivity contribution in [1.29, 1.82) is 0 Å². The second kappa shape index (κ2) is 5.57. The van der Waals surface area contributed by atoms with E-state index in [4.69, 9.17) is 5.11 Å². The Morgan fingerprint density at radius 1 is 1.20 bits per heavy atom. The number of nitrogens with zero attached hydrogens (tertiary/aromatic N) is 1. The Morgan fingerprint density at radius 3 is 2.20 bits per heavy atom. The first-order chi connectivity index (χ1) is 9.69. The number of hydrogen-bond donors (Lipinski definition) is 1. The van der Waals surface area contributed by atoms with Crippen molar-refractivity contribution >= 4 is 5.97 Å². The summed E-state index contributed by atoms with van der Waals surface area (Å²) in [6.45, 7) is 3.10. The molecule has 3 heteroatoms. The lowest BCUT2D eigenvalue weighted by molar-refractivity contribution is -0.139. The summed E-state index contributed by atoms with van der Waals surface area (Å²) in [6.07, 6.45) is 4.74. The van der Waals surface area contributed by atoms with Gasteiger partial charge in [0.25, 0.3) is 0 Å². The third kappa shape index (κ3) is 2.47. The van der Waals surface area contributed by atoms with E-state index in [-0.39, 0.29) is 6.54 Å². The molecule has 0 radical (unpaired) electrons. The quantitative estimate of drug-likeness (QED) is 0.916. The molecule has 0 saturated heterocycles. The van der Waals surface area contributed by atoms with Crippen LogP contribution in [0.5, 0.6) is 0 Å². The molecular formula is C17H23NO2. The first kappa shape index (κ1) is 13.6. The molecule has 2 unspecified atom stereocenters. The van der Waals surface area contributed by atoms with Crippen LogP contribution < -0.4 is 0 Å². The molecule has 0 heterocycles. The Morgan fingerprint density at radius 2 is 1.75 bits per heavy atom. The van der Waals surface area contributed by atoms with Crippen LogP contribution in [-0.4, -0.2) is 35.1 Å². The van der Waals surface area contributed by atoms with Gasteiger partial charge in [-0.3, -0.25) is 9.69 Å². The van der Waals surface area contributed by atoms with E-state index in [0.29, 0.717) is 17.9 Å². The van der Waals surface area contributed by atoms with E-state index in [1.807, 2.05) is 0 Å². The molecule has 2 aliphatic carbocycles. The maximum Gasteiger partial charge on any atom is 0.317 e. The Balaban J connectivity index is 1.86. The second-order valence-electron chi connectivity index (χ2n) is 6.22. The zero-order valence-electron chi connectivity index (χ0n) is 12.1. The Hall–Kier alpha value is -1.35. The van der Waals surface area contributed by atoms with Gasteiger partial charge in [0.15, 0.2) is 0 Å². The first-order valence-corrected chi connectivity index (χ1v) is 7.71. The van der Waals surface area contributed by atoms with Gasteiger partial charge in [-0.15, -0.1) is 0 Å². The van der Waals surface area contributed by atoms with Crippen LogP contribution in [-0.2, 0) is 17.6 Å². The van der Waals surface area contributed by atoms with Crippen molar-refractivity contribution < 1.29 is 9.90 Å². The highest BCUT2D eigenvalue weighted by Gasteiger charge is 2.41. The van der Waals surface area contributed by atoms with Crippen LogP contribution in [0.2, 0.25) is 0 Å².